The third kappa shape index (κ3) is 10.0. The molecule has 1 heteroatoms. The molecule has 1 aliphatic rings. The van der Waals surface area contributed by atoms with Gasteiger partial charge in [-0.2, -0.15) is 23.8 Å². The maximum atomic E-state index is 3.55. The van der Waals surface area contributed by atoms with Crippen molar-refractivity contribution in [3.8, 4) is 0 Å². The van der Waals surface area contributed by atoms with Crippen molar-refractivity contribution in [3.05, 3.63) is 144 Å². The molecular weight excluding hydrogens is 539 g/mol. The topological polar surface area (TPSA) is 0 Å². The van der Waals surface area contributed by atoms with Crippen LogP contribution >= 0.6 is 0 Å². The van der Waals surface area contributed by atoms with E-state index in [1.54, 1.807) is 0 Å². The van der Waals surface area contributed by atoms with Crippen molar-refractivity contribution in [2.75, 3.05) is 0 Å². The van der Waals surface area contributed by atoms with Crippen LogP contribution in [0.2, 0.25) is 0 Å². The van der Waals surface area contributed by atoms with Gasteiger partial charge in [-0.3, -0.25) is 6.08 Å². The van der Waals surface area contributed by atoms with Gasteiger partial charge >= 0.3 is 0 Å². The average molecular weight is 580 g/mol. The SMILES string of the molecule is Cc1cc2c(cc1C)C(CC(C)c1ccccc1)[C-]=C2.[CH3-].[CH3-].[CH3-].[CH3-].[CH3-].[Hf].c1cc[cH-]c1. The molecular formula is C30H41Hf-7. The molecule has 3 aromatic carbocycles. The molecule has 0 amide bonds. The number of rotatable bonds is 3. The van der Waals surface area contributed by atoms with Crippen LogP contribution in [-0.2, 0) is 25.8 Å². The van der Waals surface area contributed by atoms with Gasteiger partial charge < -0.3 is 37.1 Å². The van der Waals surface area contributed by atoms with E-state index in [1.807, 2.05) is 30.3 Å². The van der Waals surface area contributed by atoms with E-state index in [0.29, 0.717) is 11.8 Å². The van der Waals surface area contributed by atoms with Gasteiger partial charge in [0.25, 0.3) is 0 Å². The third-order valence-electron chi connectivity index (χ3n) is 5.03. The summed E-state index contributed by atoms with van der Waals surface area (Å²) in [6, 6.07) is 25.4. The molecule has 0 aromatic heterocycles. The summed E-state index contributed by atoms with van der Waals surface area (Å²) in [4.78, 5) is 0. The molecule has 0 N–H and O–H groups in total. The van der Waals surface area contributed by atoms with Crippen molar-refractivity contribution in [3.63, 3.8) is 0 Å². The minimum atomic E-state index is 0. The summed E-state index contributed by atoms with van der Waals surface area (Å²) >= 11 is 0. The number of benzene rings is 2. The molecule has 4 rings (SSSR count). The standard InChI is InChI=1S/C20H21.C5H5.5CH3.Hf/c1-14-11-18-9-10-19(20(18)13-15(14)2)12-16(3)17-7-5-4-6-8-17;1-2-4-5-3-1;;;;;;/h4-9,11,13,16,19H,12H2,1-3H3;1-5H;5*1H3;/q7*-1;. The summed E-state index contributed by atoms with van der Waals surface area (Å²) < 4.78 is 0. The number of fused-ring (bicyclic) bond motifs is 1. The van der Waals surface area contributed by atoms with Crippen LogP contribution in [0.25, 0.3) is 6.08 Å². The molecule has 0 radical (unpaired) electrons. The fraction of sp³-hybridized carbons (Fsp3) is 0.200. The van der Waals surface area contributed by atoms with Gasteiger partial charge in [0, 0.05) is 25.8 Å². The second kappa shape index (κ2) is 18.0. The Hall–Kier alpha value is -1.60. The molecule has 3 aromatic rings. The van der Waals surface area contributed by atoms with Crippen molar-refractivity contribution in [1.29, 1.82) is 0 Å². The monoisotopic (exact) mass is 581 g/mol. The molecule has 0 bridgehead atoms. The molecule has 0 saturated carbocycles. The molecule has 1 aliphatic carbocycles. The number of allylic oxidation sites excluding steroid dienone is 1. The summed E-state index contributed by atoms with van der Waals surface area (Å²) in [5, 5.41) is 0. The smallest absolute Gasteiger partial charge is 0 e. The number of aryl methyl sites for hydroxylation is 2. The van der Waals surface area contributed by atoms with E-state index in [2.05, 4.69) is 75.4 Å². The molecule has 2 atom stereocenters. The molecule has 172 valence electrons. The van der Waals surface area contributed by atoms with E-state index >= 15 is 0 Å². The first-order valence-corrected chi connectivity index (χ1v) is 9.07. The number of hydrogen-bond acceptors (Lipinski definition) is 0. The first-order valence-electron chi connectivity index (χ1n) is 9.07. The largest absolute Gasteiger partial charge is 0.358 e. The van der Waals surface area contributed by atoms with E-state index in [9.17, 15) is 0 Å². The minimum absolute atomic E-state index is 0. The predicted molar refractivity (Wildman–Crippen MR) is 140 cm³/mol. The molecule has 0 fully saturated rings. The fourth-order valence-corrected chi connectivity index (χ4v) is 3.35. The molecule has 0 nitrogen and oxygen atoms in total. The van der Waals surface area contributed by atoms with Crippen molar-refractivity contribution in [2.24, 2.45) is 0 Å². The van der Waals surface area contributed by atoms with Crippen LogP contribution in [0.5, 0.6) is 0 Å². The van der Waals surface area contributed by atoms with Gasteiger partial charge in [0.15, 0.2) is 0 Å². The zero-order valence-electron chi connectivity index (χ0n) is 20.9. The maximum Gasteiger partial charge on any atom is 0 e. The Balaban J connectivity index is -0.000000296. The Kier molecular flexibility index (Phi) is 21.4. The van der Waals surface area contributed by atoms with Crippen LogP contribution in [0.1, 0.15) is 53.0 Å². The van der Waals surface area contributed by atoms with Gasteiger partial charge in [-0.05, 0) is 25.3 Å². The van der Waals surface area contributed by atoms with E-state index in [1.165, 1.54) is 27.8 Å². The Labute approximate surface area is 214 Å². The predicted octanol–water partition coefficient (Wildman–Crippen LogP) is 9.07. The van der Waals surface area contributed by atoms with Gasteiger partial charge in [0.1, 0.15) is 0 Å². The van der Waals surface area contributed by atoms with Gasteiger partial charge in [-0.25, -0.2) is 18.2 Å². The van der Waals surface area contributed by atoms with E-state index in [0.717, 1.165) is 6.42 Å². The van der Waals surface area contributed by atoms with Crippen LogP contribution in [0.4, 0.5) is 0 Å². The van der Waals surface area contributed by atoms with Crippen LogP contribution < -0.4 is 0 Å². The second-order valence-electron chi connectivity index (χ2n) is 6.94. The van der Waals surface area contributed by atoms with Crippen LogP contribution in [0.15, 0.2) is 72.8 Å². The average Bonchev–Trinajstić information content (AvgIpc) is 3.31. The summed E-state index contributed by atoms with van der Waals surface area (Å²) in [5.41, 5.74) is 7.00. The van der Waals surface area contributed by atoms with Crippen molar-refractivity contribution < 1.29 is 25.8 Å². The Morgan fingerprint density at radius 1 is 0.839 bits per heavy atom. The first-order chi connectivity index (χ1) is 12.1. The maximum absolute atomic E-state index is 3.55. The first kappa shape index (κ1) is 36.8. The zero-order chi connectivity index (χ0) is 17.6. The zero-order valence-corrected chi connectivity index (χ0v) is 24.5. The molecule has 2 unspecified atom stereocenters. The Morgan fingerprint density at radius 3 is 1.90 bits per heavy atom. The van der Waals surface area contributed by atoms with Gasteiger partial charge in [0.2, 0.25) is 0 Å². The normalized spacial score (nSPS) is 12.9. The van der Waals surface area contributed by atoms with Gasteiger partial charge in [-0.15, -0.1) is 11.6 Å². The number of hydrogen-bond donors (Lipinski definition) is 0. The van der Waals surface area contributed by atoms with Crippen molar-refractivity contribution in [1.82, 2.24) is 0 Å². The van der Waals surface area contributed by atoms with Crippen LogP contribution in [-0.4, -0.2) is 0 Å². The molecule has 31 heavy (non-hydrogen) atoms. The molecule has 0 aliphatic heterocycles. The minimum Gasteiger partial charge on any atom is -0.358 e. The van der Waals surface area contributed by atoms with Crippen LogP contribution in [0, 0.1) is 57.1 Å². The second-order valence-corrected chi connectivity index (χ2v) is 6.94. The van der Waals surface area contributed by atoms with E-state index in [4.69, 9.17) is 0 Å². The summed E-state index contributed by atoms with van der Waals surface area (Å²) in [6.45, 7) is 6.70. The third-order valence-corrected chi connectivity index (χ3v) is 5.03. The summed E-state index contributed by atoms with van der Waals surface area (Å²) in [6.07, 6.45) is 6.86. The molecule has 0 spiro atoms. The quantitative estimate of drug-likeness (QED) is 0.214. The van der Waals surface area contributed by atoms with Crippen molar-refractivity contribution >= 4 is 6.08 Å². The fourth-order valence-electron chi connectivity index (χ4n) is 3.35. The van der Waals surface area contributed by atoms with E-state index in [-0.39, 0.29) is 63.0 Å². The van der Waals surface area contributed by atoms with Gasteiger partial charge in [-0.1, -0.05) is 66.8 Å². The van der Waals surface area contributed by atoms with E-state index < -0.39 is 0 Å². The molecule has 0 heterocycles. The Morgan fingerprint density at radius 2 is 1.39 bits per heavy atom. The van der Waals surface area contributed by atoms with Gasteiger partial charge in [0.05, 0.1) is 0 Å². The Bertz CT molecular complexity index is 796. The van der Waals surface area contributed by atoms with Crippen molar-refractivity contribution in [2.45, 2.75) is 39.0 Å². The summed E-state index contributed by atoms with van der Waals surface area (Å²) in [7, 11) is 0. The summed E-state index contributed by atoms with van der Waals surface area (Å²) in [5.74, 6) is 1.01. The van der Waals surface area contributed by atoms with Crippen LogP contribution in [0.3, 0.4) is 0 Å². The molecule has 0 saturated heterocycles.